The number of esters is 1. The largest absolute Gasteiger partial charge is 0.521 e. The predicted octanol–water partition coefficient (Wildman–Crippen LogP) is 0.758. The van der Waals surface area contributed by atoms with Crippen molar-refractivity contribution in [1.82, 2.24) is 0 Å². The summed E-state index contributed by atoms with van der Waals surface area (Å²) in [5.41, 5.74) is 3.24. The van der Waals surface area contributed by atoms with Crippen LogP contribution in [0.3, 0.4) is 0 Å². The summed E-state index contributed by atoms with van der Waals surface area (Å²) in [6.45, 7) is 1.26. The first-order valence-electron chi connectivity index (χ1n) is 1.98. The van der Waals surface area contributed by atoms with Crippen LogP contribution >= 0.6 is 0 Å². The Bertz CT molecular complexity index is 133. The van der Waals surface area contributed by atoms with Gasteiger partial charge in [-0.3, -0.25) is 4.79 Å². The lowest BCUT2D eigenvalue weighted by atomic mass is 10.8. The third-order valence-corrected chi connectivity index (χ3v) is 0.330. The van der Waals surface area contributed by atoms with Crippen molar-refractivity contribution in [2.45, 2.75) is 6.92 Å². The number of hydrogen-bond acceptors (Lipinski definition) is 2. The standard InChI is InChI=1S/C4H6N2O2/c1-4(7)8-3-6-5-2/h1-2H3. The maximum absolute atomic E-state index is 9.93. The molecule has 0 radical (unpaired) electrons. The molecule has 0 aromatic carbocycles. The molecule has 0 aromatic heterocycles. The minimum Gasteiger partial charge on any atom is -0.317 e. The van der Waals surface area contributed by atoms with Gasteiger partial charge in [0.2, 0.25) is 0 Å². The molecule has 0 spiro atoms. The Morgan fingerprint density at radius 1 is 1.88 bits per heavy atom. The van der Waals surface area contributed by atoms with E-state index in [0.717, 1.165) is 0 Å². The van der Waals surface area contributed by atoms with Crippen molar-refractivity contribution >= 4 is 5.97 Å². The molecule has 0 saturated carbocycles. The van der Waals surface area contributed by atoms with Crippen molar-refractivity contribution in [3.63, 3.8) is 0 Å². The van der Waals surface area contributed by atoms with Gasteiger partial charge in [0, 0.05) is 6.92 Å². The third-order valence-electron chi connectivity index (χ3n) is 0.330. The second-order valence-corrected chi connectivity index (χ2v) is 0.985. The first-order valence-corrected chi connectivity index (χ1v) is 1.98. The monoisotopic (exact) mass is 114 g/mol. The van der Waals surface area contributed by atoms with Gasteiger partial charge in [0.1, 0.15) is 0 Å². The second-order valence-electron chi connectivity index (χ2n) is 0.985. The maximum atomic E-state index is 9.93. The Kier molecular flexibility index (Phi) is 3.32. The molecule has 4 nitrogen and oxygen atoms in total. The highest BCUT2D eigenvalue weighted by Gasteiger charge is 1.88. The number of ether oxygens (including phenoxy) is 1. The minimum absolute atomic E-state index is 0.447. The van der Waals surface area contributed by atoms with Gasteiger partial charge in [-0.1, -0.05) is 12.0 Å². The molecule has 8 heavy (non-hydrogen) atoms. The summed E-state index contributed by atoms with van der Waals surface area (Å²) in [7, 11) is 1.45. The zero-order valence-corrected chi connectivity index (χ0v) is 4.71. The maximum Gasteiger partial charge on any atom is 0.521 e. The second kappa shape index (κ2) is 3.93. The molecular weight excluding hydrogens is 108 g/mol. The molecule has 0 rings (SSSR count). The van der Waals surface area contributed by atoms with Gasteiger partial charge in [-0.2, -0.15) is 0 Å². The number of rotatable bonds is 0. The molecule has 0 aromatic rings. The average Bonchev–Trinajstić information content (AvgIpc) is 1.66. The fourth-order valence-corrected chi connectivity index (χ4v) is 0.126. The fourth-order valence-electron chi connectivity index (χ4n) is 0.126. The van der Waals surface area contributed by atoms with Crippen molar-refractivity contribution in [2.24, 2.45) is 0 Å². The molecule has 0 unspecified atom stereocenters. The lowest BCUT2D eigenvalue weighted by Gasteiger charge is -1.76. The Hall–Kier alpha value is -1.24. The Morgan fingerprint density at radius 2 is 2.50 bits per heavy atom. The van der Waals surface area contributed by atoms with E-state index in [0.29, 0.717) is 0 Å². The molecule has 0 aliphatic carbocycles. The molecule has 0 aliphatic heterocycles. The lowest BCUT2D eigenvalue weighted by Crippen LogP contribution is -1.88. The van der Waals surface area contributed by atoms with Gasteiger partial charge in [-0.15, -0.1) is 0 Å². The SMILES string of the molecule is C[N-][N+]#COC(C)=O. The quantitative estimate of drug-likeness (QED) is 0.265. The number of carbonyl (C=O) groups excluding carboxylic acids is 1. The van der Waals surface area contributed by atoms with E-state index >= 15 is 0 Å². The Balaban J connectivity index is 3.29. The zero-order chi connectivity index (χ0) is 6.41. The first-order chi connectivity index (χ1) is 3.77. The molecule has 0 atom stereocenters. The van der Waals surface area contributed by atoms with Crippen LogP contribution < -0.4 is 0 Å². The van der Waals surface area contributed by atoms with Gasteiger partial charge in [0.15, 0.2) is 0 Å². The highest BCUT2D eigenvalue weighted by atomic mass is 16.5. The van der Waals surface area contributed by atoms with Crippen LogP contribution in [0.5, 0.6) is 0 Å². The van der Waals surface area contributed by atoms with Gasteiger partial charge < -0.3 is 10.2 Å². The van der Waals surface area contributed by atoms with Gasteiger partial charge >= 0.3 is 12.2 Å². The van der Waals surface area contributed by atoms with Crippen molar-refractivity contribution in [3.8, 4) is 6.26 Å². The van der Waals surface area contributed by atoms with E-state index in [9.17, 15) is 4.79 Å². The summed E-state index contributed by atoms with van der Waals surface area (Å²) < 4.78 is 4.13. The Morgan fingerprint density at radius 3 is 2.88 bits per heavy atom. The molecule has 0 N–H and O–H groups in total. The van der Waals surface area contributed by atoms with E-state index in [-0.39, 0.29) is 0 Å². The van der Waals surface area contributed by atoms with Crippen molar-refractivity contribution < 1.29 is 9.53 Å². The van der Waals surface area contributed by atoms with E-state index in [1.807, 2.05) is 6.26 Å². The van der Waals surface area contributed by atoms with Crippen LogP contribution in [-0.4, -0.2) is 13.0 Å². The van der Waals surface area contributed by atoms with Crippen molar-refractivity contribution in [3.05, 3.63) is 10.4 Å². The van der Waals surface area contributed by atoms with Crippen LogP contribution in [0.4, 0.5) is 0 Å². The van der Waals surface area contributed by atoms with Crippen LogP contribution in [0.15, 0.2) is 0 Å². The third kappa shape index (κ3) is 4.76. The summed E-state index contributed by atoms with van der Waals surface area (Å²) in [5.74, 6) is -0.447. The van der Waals surface area contributed by atoms with E-state index in [1.54, 1.807) is 0 Å². The topological polar surface area (TPSA) is 44.8 Å². The fraction of sp³-hybridized carbons (Fsp3) is 0.500. The molecule has 0 saturated heterocycles. The summed E-state index contributed by atoms with van der Waals surface area (Å²) in [6.07, 6.45) is 1.94. The van der Waals surface area contributed by atoms with E-state index in [2.05, 4.69) is 15.1 Å². The van der Waals surface area contributed by atoms with Crippen LogP contribution in [0.1, 0.15) is 6.92 Å². The summed E-state index contributed by atoms with van der Waals surface area (Å²) in [4.78, 5) is 13.1. The molecule has 0 aliphatic rings. The summed E-state index contributed by atoms with van der Waals surface area (Å²) in [6, 6.07) is 0. The smallest absolute Gasteiger partial charge is 0.317 e. The normalized spacial score (nSPS) is 6.25. The van der Waals surface area contributed by atoms with E-state index in [1.165, 1.54) is 14.0 Å². The highest BCUT2D eigenvalue weighted by Crippen LogP contribution is 1.77. The van der Waals surface area contributed by atoms with Crippen LogP contribution in [0, 0.1) is 6.26 Å². The molecule has 0 bridgehead atoms. The highest BCUT2D eigenvalue weighted by molar-refractivity contribution is 5.67. The van der Waals surface area contributed by atoms with Gasteiger partial charge in [-0.05, 0) is 0 Å². The zero-order valence-electron chi connectivity index (χ0n) is 4.71. The van der Waals surface area contributed by atoms with Crippen molar-refractivity contribution in [2.75, 3.05) is 7.05 Å². The van der Waals surface area contributed by atoms with Crippen molar-refractivity contribution in [1.29, 1.82) is 0 Å². The molecule has 0 fully saturated rings. The molecule has 0 heterocycles. The summed E-state index contributed by atoms with van der Waals surface area (Å²) >= 11 is 0. The Labute approximate surface area is 47.2 Å². The van der Waals surface area contributed by atoms with E-state index in [4.69, 9.17) is 0 Å². The van der Waals surface area contributed by atoms with Crippen LogP contribution in [-0.2, 0) is 9.53 Å². The van der Waals surface area contributed by atoms with Crippen LogP contribution in [0.2, 0.25) is 0 Å². The molecule has 4 heteroatoms. The van der Waals surface area contributed by atoms with Gasteiger partial charge in [0.25, 0.3) is 0 Å². The number of carbonyl (C=O) groups is 1. The van der Waals surface area contributed by atoms with Gasteiger partial charge in [0.05, 0.1) is 0 Å². The first kappa shape index (κ1) is 6.76. The minimum atomic E-state index is -0.447. The summed E-state index contributed by atoms with van der Waals surface area (Å²) in [5, 5.41) is 0. The average molecular weight is 114 g/mol. The predicted molar refractivity (Wildman–Crippen MR) is 28.3 cm³/mol. The van der Waals surface area contributed by atoms with Crippen LogP contribution in [0.25, 0.3) is 10.4 Å². The lowest BCUT2D eigenvalue weighted by molar-refractivity contribution is -0.134. The number of hydrogen-bond donors (Lipinski definition) is 0. The molecular formula is C4H6N2O2. The number of nitrogens with zero attached hydrogens (tertiary/aromatic N) is 2. The van der Waals surface area contributed by atoms with Gasteiger partial charge in [-0.25, -0.2) is 0 Å². The van der Waals surface area contributed by atoms with E-state index < -0.39 is 5.97 Å². The molecule has 0 amide bonds. The molecule has 44 valence electrons.